The lowest BCUT2D eigenvalue weighted by atomic mass is 10.1. The van der Waals surface area contributed by atoms with Crippen molar-refractivity contribution in [3.8, 4) is 0 Å². The lowest BCUT2D eigenvalue weighted by Crippen LogP contribution is -2.35. The fourth-order valence-corrected chi connectivity index (χ4v) is 1.73. The quantitative estimate of drug-likeness (QED) is 0.336. The first-order chi connectivity index (χ1) is 6.35. The van der Waals surface area contributed by atoms with Crippen molar-refractivity contribution in [2.45, 2.75) is 24.6 Å². The monoisotopic (exact) mass is 230 g/mol. The van der Waals surface area contributed by atoms with E-state index < -0.39 is 39.0 Å². The highest BCUT2D eigenvalue weighted by molar-refractivity contribution is 7.46. The van der Waals surface area contributed by atoms with Crippen LogP contribution in [0.1, 0.15) is 0 Å². The van der Waals surface area contributed by atoms with E-state index in [1.807, 2.05) is 0 Å². The Balaban J connectivity index is 2.69. The second-order valence-corrected chi connectivity index (χ2v) is 3.99. The molecule has 0 saturated carbocycles. The summed E-state index contributed by atoms with van der Waals surface area (Å²) in [6.45, 7) is -0.626. The van der Waals surface area contributed by atoms with Gasteiger partial charge < -0.3 is 29.8 Å². The molecule has 0 bridgehead atoms. The second kappa shape index (κ2) is 4.21. The van der Waals surface area contributed by atoms with E-state index in [0.29, 0.717) is 0 Å². The molecule has 4 atom stereocenters. The van der Waals surface area contributed by atoms with Gasteiger partial charge in [0.15, 0.2) is 6.29 Å². The fourth-order valence-electron chi connectivity index (χ4n) is 1.15. The van der Waals surface area contributed by atoms with Gasteiger partial charge in [-0.25, -0.2) is 4.57 Å². The average molecular weight is 230 g/mol. The van der Waals surface area contributed by atoms with Crippen LogP contribution in [0.5, 0.6) is 0 Å². The van der Waals surface area contributed by atoms with E-state index in [2.05, 4.69) is 9.26 Å². The Bertz CT molecular complexity index is 238. The lowest BCUT2D eigenvalue weighted by molar-refractivity contribution is -0.132. The van der Waals surface area contributed by atoms with Crippen molar-refractivity contribution >= 4 is 7.82 Å². The molecule has 0 radical (unpaired) electrons. The first-order valence-electron chi connectivity index (χ1n) is 3.71. The molecule has 0 aromatic rings. The van der Waals surface area contributed by atoms with Crippen molar-refractivity contribution in [1.82, 2.24) is 0 Å². The van der Waals surface area contributed by atoms with Crippen LogP contribution in [0.3, 0.4) is 0 Å². The molecule has 1 saturated heterocycles. The van der Waals surface area contributed by atoms with Gasteiger partial charge in [-0.2, -0.15) is 0 Å². The van der Waals surface area contributed by atoms with Gasteiger partial charge in [-0.05, 0) is 0 Å². The number of hydrogen-bond donors (Lipinski definition) is 5. The summed E-state index contributed by atoms with van der Waals surface area (Å²) in [6.07, 6.45) is -5.83. The van der Waals surface area contributed by atoms with E-state index in [4.69, 9.17) is 25.1 Å². The highest BCUT2D eigenvalue weighted by Crippen LogP contribution is 2.41. The number of ether oxygens (including phenoxy) is 1. The number of phosphoric ester groups is 1. The highest BCUT2D eigenvalue weighted by Gasteiger charge is 2.46. The molecule has 0 amide bonds. The van der Waals surface area contributed by atoms with Crippen LogP contribution < -0.4 is 0 Å². The first-order valence-corrected chi connectivity index (χ1v) is 5.24. The van der Waals surface area contributed by atoms with E-state index >= 15 is 0 Å². The van der Waals surface area contributed by atoms with Crippen LogP contribution in [0.15, 0.2) is 0 Å². The zero-order valence-electron chi connectivity index (χ0n) is 6.92. The van der Waals surface area contributed by atoms with Crippen molar-refractivity contribution in [2.24, 2.45) is 0 Å². The van der Waals surface area contributed by atoms with Crippen LogP contribution in [0.2, 0.25) is 0 Å². The normalized spacial score (nSPS) is 38.9. The average Bonchev–Trinajstić information content (AvgIpc) is 2.30. The molecule has 84 valence electrons. The molecule has 1 aliphatic heterocycles. The molecule has 5 N–H and O–H groups in total. The Morgan fingerprint density at radius 1 is 1.36 bits per heavy atom. The van der Waals surface area contributed by atoms with Crippen LogP contribution in [0.4, 0.5) is 0 Å². The molecule has 1 aliphatic rings. The molecule has 0 spiro atoms. The van der Waals surface area contributed by atoms with Crippen LogP contribution in [-0.4, -0.2) is 56.3 Å². The predicted octanol–water partition coefficient (Wildman–Crippen LogP) is -2.47. The summed E-state index contributed by atoms with van der Waals surface area (Å²) in [7, 11) is -4.79. The summed E-state index contributed by atoms with van der Waals surface area (Å²) >= 11 is 0. The van der Waals surface area contributed by atoms with E-state index in [-0.39, 0.29) is 0 Å². The molecule has 1 fully saturated rings. The Morgan fingerprint density at radius 2 is 1.93 bits per heavy atom. The van der Waals surface area contributed by atoms with Gasteiger partial charge in [0.2, 0.25) is 0 Å². The summed E-state index contributed by atoms with van der Waals surface area (Å²) < 4.78 is 19.2. The Hall–Kier alpha value is -0.0500. The summed E-state index contributed by atoms with van der Waals surface area (Å²) in [4.78, 5) is 16.9. The number of hydrogen-bond acceptors (Lipinski definition) is 6. The molecule has 9 heteroatoms. The van der Waals surface area contributed by atoms with E-state index in [9.17, 15) is 4.57 Å². The molecule has 0 aromatic heterocycles. The Kier molecular flexibility index (Phi) is 3.62. The molecule has 0 aliphatic carbocycles. The van der Waals surface area contributed by atoms with Crippen LogP contribution >= 0.6 is 7.82 Å². The van der Waals surface area contributed by atoms with E-state index in [0.717, 1.165) is 0 Å². The number of rotatable bonds is 3. The summed E-state index contributed by atoms with van der Waals surface area (Å²) in [5.41, 5.74) is 0. The molecule has 14 heavy (non-hydrogen) atoms. The minimum atomic E-state index is -4.79. The molecule has 1 unspecified atom stereocenters. The minimum Gasteiger partial charge on any atom is -0.394 e. The van der Waals surface area contributed by atoms with Crippen LogP contribution in [-0.2, 0) is 13.8 Å². The minimum absolute atomic E-state index is 0.626. The Morgan fingerprint density at radius 3 is 2.36 bits per heavy atom. The molecule has 8 nitrogen and oxygen atoms in total. The maximum Gasteiger partial charge on any atom is 0.470 e. The van der Waals surface area contributed by atoms with Gasteiger partial charge in [-0.15, -0.1) is 0 Å². The molecule has 1 rings (SSSR count). The Labute approximate surface area is 78.9 Å². The molecular weight excluding hydrogens is 219 g/mol. The van der Waals surface area contributed by atoms with E-state index in [1.165, 1.54) is 0 Å². The van der Waals surface area contributed by atoms with Crippen LogP contribution in [0, 0.1) is 0 Å². The zero-order chi connectivity index (χ0) is 10.9. The summed E-state index contributed by atoms with van der Waals surface area (Å²) in [5, 5.41) is 26.8. The summed E-state index contributed by atoms with van der Waals surface area (Å²) in [5.74, 6) is 0. The van der Waals surface area contributed by atoms with Gasteiger partial charge in [0.05, 0.1) is 6.61 Å². The van der Waals surface area contributed by atoms with E-state index in [1.54, 1.807) is 0 Å². The van der Waals surface area contributed by atoms with Crippen molar-refractivity contribution in [2.75, 3.05) is 6.61 Å². The third kappa shape index (κ3) is 2.72. The molecule has 0 aromatic carbocycles. The standard InChI is InChI=1S/C5H11O8P/c6-1-2-4(13-14(9,10)11)3(7)5(8)12-2/h2-8H,1H2,(H2,9,10,11)/t2-,3-,4-,5?/m1/s1. The van der Waals surface area contributed by atoms with Gasteiger partial charge in [0.1, 0.15) is 18.3 Å². The third-order valence-electron chi connectivity index (χ3n) is 1.75. The van der Waals surface area contributed by atoms with Gasteiger partial charge in [-0.1, -0.05) is 0 Å². The fraction of sp³-hybridized carbons (Fsp3) is 1.00. The smallest absolute Gasteiger partial charge is 0.394 e. The van der Waals surface area contributed by atoms with Gasteiger partial charge in [-0.3, -0.25) is 4.52 Å². The zero-order valence-corrected chi connectivity index (χ0v) is 7.82. The molecule has 1 heterocycles. The number of aliphatic hydroxyl groups excluding tert-OH is 3. The predicted molar refractivity (Wildman–Crippen MR) is 40.9 cm³/mol. The highest BCUT2D eigenvalue weighted by atomic mass is 31.2. The topological polar surface area (TPSA) is 137 Å². The van der Waals surface area contributed by atoms with Crippen LogP contribution in [0.25, 0.3) is 0 Å². The molecular formula is C5H11O8P. The number of aliphatic hydroxyl groups is 3. The number of phosphoric acid groups is 1. The SMILES string of the molecule is O=P(O)(O)O[C@@H]1[C@@H](CO)OC(O)[C@@H]1O. The first kappa shape index (κ1) is 12.0. The maximum absolute atomic E-state index is 10.4. The van der Waals surface area contributed by atoms with Crippen molar-refractivity contribution in [3.63, 3.8) is 0 Å². The van der Waals surface area contributed by atoms with Crippen molar-refractivity contribution < 1.29 is 38.9 Å². The third-order valence-corrected chi connectivity index (χ3v) is 2.27. The van der Waals surface area contributed by atoms with Gasteiger partial charge in [0, 0.05) is 0 Å². The maximum atomic E-state index is 10.4. The second-order valence-electron chi connectivity index (χ2n) is 2.80. The van der Waals surface area contributed by atoms with Crippen molar-refractivity contribution in [3.05, 3.63) is 0 Å². The largest absolute Gasteiger partial charge is 0.470 e. The summed E-state index contributed by atoms with van der Waals surface area (Å²) in [6, 6.07) is 0. The van der Waals surface area contributed by atoms with Crippen molar-refractivity contribution in [1.29, 1.82) is 0 Å². The van der Waals surface area contributed by atoms with Gasteiger partial charge in [0.25, 0.3) is 0 Å². The van der Waals surface area contributed by atoms with Gasteiger partial charge >= 0.3 is 7.82 Å². The lowest BCUT2D eigenvalue weighted by Gasteiger charge is -2.18.